The maximum Gasteiger partial charge on any atom is 0.333 e. The van der Waals surface area contributed by atoms with Crippen LogP contribution in [-0.4, -0.2) is 12.1 Å². The van der Waals surface area contributed by atoms with Crippen LogP contribution in [0, 0.1) is 5.92 Å². The molecule has 2 nitrogen and oxygen atoms in total. The van der Waals surface area contributed by atoms with E-state index in [9.17, 15) is 4.79 Å². The summed E-state index contributed by atoms with van der Waals surface area (Å²) in [6.07, 6.45) is 4.03. The Balaban J connectivity index is 2.28. The molecule has 0 aromatic heterocycles. The lowest BCUT2D eigenvalue weighted by molar-refractivity contribution is -0.150. The predicted octanol–water partition coefficient (Wildman–Crippen LogP) is 2.29. The summed E-state index contributed by atoms with van der Waals surface area (Å²) in [5.74, 6) is 0.572. The van der Waals surface area contributed by atoms with E-state index in [0.717, 1.165) is 18.8 Å². The SMILES string of the molecule is C/C=C(/C)C(=O)OC1CC(C)C1. The van der Waals surface area contributed by atoms with Gasteiger partial charge in [0, 0.05) is 5.57 Å². The Morgan fingerprint density at radius 1 is 1.50 bits per heavy atom. The van der Waals surface area contributed by atoms with E-state index < -0.39 is 0 Å². The standard InChI is InChI=1S/C10H16O2/c1-4-8(3)10(11)12-9-5-7(2)6-9/h4,7,9H,5-6H2,1-3H3/b8-4-. The molecule has 0 spiro atoms. The Morgan fingerprint density at radius 3 is 2.50 bits per heavy atom. The molecule has 0 heterocycles. The second-order valence-electron chi connectivity index (χ2n) is 3.58. The highest BCUT2D eigenvalue weighted by molar-refractivity contribution is 5.87. The van der Waals surface area contributed by atoms with Gasteiger partial charge in [0.05, 0.1) is 0 Å². The molecule has 1 rings (SSSR count). The van der Waals surface area contributed by atoms with Gasteiger partial charge in [-0.3, -0.25) is 0 Å². The number of esters is 1. The molecule has 1 aliphatic carbocycles. The zero-order valence-corrected chi connectivity index (χ0v) is 7.96. The number of carbonyl (C=O) groups excluding carboxylic acids is 1. The Labute approximate surface area is 73.6 Å². The van der Waals surface area contributed by atoms with E-state index in [1.165, 1.54) is 0 Å². The van der Waals surface area contributed by atoms with Crippen molar-refractivity contribution < 1.29 is 9.53 Å². The minimum Gasteiger partial charge on any atom is -0.459 e. The molecule has 0 aromatic carbocycles. The van der Waals surface area contributed by atoms with Crippen LogP contribution in [0.5, 0.6) is 0 Å². The Hall–Kier alpha value is -0.790. The third kappa shape index (κ3) is 2.10. The van der Waals surface area contributed by atoms with Gasteiger partial charge in [0.1, 0.15) is 6.10 Å². The topological polar surface area (TPSA) is 26.3 Å². The summed E-state index contributed by atoms with van der Waals surface area (Å²) in [6, 6.07) is 0. The summed E-state index contributed by atoms with van der Waals surface area (Å²) in [7, 11) is 0. The van der Waals surface area contributed by atoms with E-state index in [0.29, 0.717) is 5.57 Å². The summed E-state index contributed by atoms with van der Waals surface area (Å²) >= 11 is 0. The first-order valence-electron chi connectivity index (χ1n) is 4.47. The summed E-state index contributed by atoms with van der Waals surface area (Å²) in [4.78, 5) is 11.2. The molecule has 0 atom stereocenters. The van der Waals surface area contributed by atoms with Crippen molar-refractivity contribution in [1.29, 1.82) is 0 Å². The van der Waals surface area contributed by atoms with Gasteiger partial charge < -0.3 is 4.74 Å². The fraction of sp³-hybridized carbons (Fsp3) is 0.700. The fourth-order valence-corrected chi connectivity index (χ4v) is 1.29. The molecule has 68 valence electrons. The smallest absolute Gasteiger partial charge is 0.333 e. The summed E-state index contributed by atoms with van der Waals surface area (Å²) in [5, 5.41) is 0. The van der Waals surface area contributed by atoms with Crippen molar-refractivity contribution in [3.63, 3.8) is 0 Å². The van der Waals surface area contributed by atoms with Gasteiger partial charge in [-0.2, -0.15) is 0 Å². The van der Waals surface area contributed by atoms with Crippen molar-refractivity contribution in [3.05, 3.63) is 11.6 Å². The molecular weight excluding hydrogens is 152 g/mol. The van der Waals surface area contributed by atoms with E-state index in [1.807, 2.05) is 6.92 Å². The molecular formula is C10H16O2. The zero-order chi connectivity index (χ0) is 9.14. The lowest BCUT2D eigenvalue weighted by Gasteiger charge is -2.31. The zero-order valence-electron chi connectivity index (χ0n) is 7.96. The maximum atomic E-state index is 11.2. The Morgan fingerprint density at radius 2 is 2.08 bits per heavy atom. The molecule has 1 aliphatic rings. The molecule has 0 unspecified atom stereocenters. The Kier molecular flexibility index (Phi) is 2.90. The average Bonchev–Trinajstić information content (AvgIpc) is 2.00. The first-order chi connectivity index (χ1) is 5.63. The van der Waals surface area contributed by atoms with Crippen LogP contribution < -0.4 is 0 Å². The van der Waals surface area contributed by atoms with Crippen LogP contribution >= 0.6 is 0 Å². The van der Waals surface area contributed by atoms with Gasteiger partial charge in [0.25, 0.3) is 0 Å². The minimum atomic E-state index is -0.158. The van der Waals surface area contributed by atoms with E-state index in [4.69, 9.17) is 4.74 Å². The number of hydrogen-bond donors (Lipinski definition) is 0. The lowest BCUT2D eigenvalue weighted by atomic mass is 9.84. The number of allylic oxidation sites excluding steroid dienone is 1. The van der Waals surface area contributed by atoms with Gasteiger partial charge in [0.2, 0.25) is 0 Å². The van der Waals surface area contributed by atoms with Crippen molar-refractivity contribution >= 4 is 5.97 Å². The van der Waals surface area contributed by atoms with E-state index >= 15 is 0 Å². The molecule has 0 radical (unpaired) electrons. The molecule has 12 heavy (non-hydrogen) atoms. The van der Waals surface area contributed by atoms with Crippen LogP contribution in [0.2, 0.25) is 0 Å². The van der Waals surface area contributed by atoms with Crippen LogP contribution in [-0.2, 0) is 9.53 Å². The highest BCUT2D eigenvalue weighted by atomic mass is 16.5. The second-order valence-corrected chi connectivity index (χ2v) is 3.58. The van der Waals surface area contributed by atoms with Gasteiger partial charge in [0.15, 0.2) is 0 Å². The number of hydrogen-bond acceptors (Lipinski definition) is 2. The van der Waals surface area contributed by atoms with Gasteiger partial charge in [-0.25, -0.2) is 4.79 Å². The van der Waals surface area contributed by atoms with Crippen LogP contribution in [0.15, 0.2) is 11.6 Å². The summed E-state index contributed by atoms with van der Waals surface area (Å²) in [5.41, 5.74) is 0.703. The van der Waals surface area contributed by atoms with Crippen molar-refractivity contribution in [2.75, 3.05) is 0 Å². The van der Waals surface area contributed by atoms with Gasteiger partial charge >= 0.3 is 5.97 Å². The first kappa shape index (κ1) is 9.30. The average molecular weight is 168 g/mol. The monoisotopic (exact) mass is 168 g/mol. The highest BCUT2D eigenvalue weighted by Gasteiger charge is 2.28. The minimum absolute atomic E-state index is 0.158. The molecule has 0 amide bonds. The highest BCUT2D eigenvalue weighted by Crippen LogP contribution is 2.29. The third-order valence-corrected chi connectivity index (χ3v) is 2.36. The molecule has 0 aliphatic heterocycles. The molecule has 0 aromatic rings. The summed E-state index contributed by atoms with van der Waals surface area (Å²) < 4.78 is 5.20. The Bertz CT molecular complexity index is 200. The van der Waals surface area contributed by atoms with Crippen molar-refractivity contribution in [2.24, 2.45) is 5.92 Å². The van der Waals surface area contributed by atoms with Gasteiger partial charge in [-0.15, -0.1) is 0 Å². The number of carbonyl (C=O) groups is 1. The molecule has 1 saturated carbocycles. The molecule has 0 bridgehead atoms. The largest absolute Gasteiger partial charge is 0.459 e. The van der Waals surface area contributed by atoms with Crippen LogP contribution in [0.3, 0.4) is 0 Å². The van der Waals surface area contributed by atoms with Crippen molar-refractivity contribution in [3.8, 4) is 0 Å². The van der Waals surface area contributed by atoms with Crippen molar-refractivity contribution in [2.45, 2.75) is 39.7 Å². The van der Waals surface area contributed by atoms with Crippen LogP contribution in [0.1, 0.15) is 33.6 Å². The van der Waals surface area contributed by atoms with Gasteiger partial charge in [-0.1, -0.05) is 13.0 Å². The number of ether oxygens (including phenoxy) is 1. The normalized spacial score (nSPS) is 29.4. The van der Waals surface area contributed by atoms with Crippen LogP contribution in [0.4, 0.5) is 0 Å². The second kappa shape index (κ2) is 3.74. The molecule has 2 heteroatoms. The molecule has 1 fully saturated rings. The molecule has 0 saturated heterocycles. The predicted molar refractivity (Wildman–Crippen MR) is 47.7 cm³/mol. The van der Waals surface area contributed by atoms with Gasteiger partial charge in [-0.05, 0) is 32.6 Å². The maximum absolute atomic E-state index is 11.2. The lowest BCUT2D eigenvalue weighted by Crippen LogP contribution is -2.31. The molecule has 0 N–H and O–H groups in total. The van der Waals surface area contributed by atoms with Crippen molar-refractivity contribution in [1.82, 2.24) is 0 Å². The fourth-order valence-electron chi connectivity index (χ4n) is 1.29. The third-order valence-electron chi connectivity index (χ3n) is 2.36. The first-order valence-corrected chi connectivity index (χ1v) is 4.47. The van der Waals surface area contributed by atoms with E-state index in [2.05, 4.69) is 6.92 Å². The summed E-state index contributed by atoms with van der Waals surface area (Å²) in [6.45, 7) is 5.80. The van der Waals surface area contributed by atoms with E-state index in [1.54, 1.807) is 13.0 Å². The van der Waals surface area contributed by atoms with Crippen LogP contribution in [0.25, 0.3) is 0 Å². The van der Waals surface area contributed by atoms with E-state index in [-0.39, 0.29) is 12.1 Å². The quantitative estimate of drug-likeness (QED) is 0.467. The number of rotatable bonds is 2.